The fourth-order valence-corrected chi connectivity index (χ4v) is 4.41. The molecule has 0 saturated carbocycles. The fraction of sp³-hybridized carbons (Fsp3) is 0.400. The molecule has 11 heteroatoms. The predicted molar refractivity (Wildman–Crippen MR) is 134 cm³/mol. The summed E-state index contributed by atoms with van der Waals surface area (Å²) < 4.78 is 43.3. The molecule has 0 N–H and O–H groups in total. The number of hydrogen-bond donors (Lipinski definition) is 0. The first-order valence-electron chi connectivity index (χ1n) is 11.2. The highest BCUT2D eigenvalue weighted by Crippen LogP contribution is 2.28. The van der Waals surface area contributed by atoms with Crippen molar-refractivity contribution >= 4 is 27.2 Å². The van der Waals surface area contributed by atoms with Crippen LogP contribution in [0.5, 0.6) is 5.75 Å². The van der Waals surface area contributed by atoms with Gasteiger partial charge >= 0.3 is 21.8 Å². The number of pyridine rings is 1. The summed E-state index contributed by atoms with van der Waals surface area (Å²) in [7, 11) is -2.81. The van der Waals surface area contributed by atoms with Gasteiger partial charge in [0.2, 0.25) is 0 Å². The molecule has 0 unspecified atom stereocenters. The molecule has 1 amide bonds. The van der Waals surface area contributed by atoms with E-state index in [0.717, 1.165) is 5.56 Å². The molecule has 0 saturated heterocycles. The molecule has 194 valence electrons. The van der Waals surface area contributed by atoms with Crippen LogP contribution in [0.25, 0.3) is 11.0 Å². The van der Waals surface area contributed by atoms with Gasteiger partial charge in [0, 0.05) is 31.9 Å². The fourth-order valence-electron chi connectivity index (χ4n) is 3.41. The maximum Gasteiger partial charge on any atom is 0.410 e. The lowest BCUT2D eigenvalue weighted by atomic mass is 10.2. The molecule has 0 radical (unpaired) electrons. The first-order valence-corrected chi connectivity index (χ1v) is 12.6. The van der Waals surface area contributed by atoms with Gasteiger partial charge in [0.1, 0.15) is 21.5 Å². The Labute approximate surface area is 209 Å². The van der Waals surface area contributed by atoms with E-state index in [1.165, 1.54) is 34.6 Å². The summed E-state index contributed by atoms with van der Waals surface area (Å²) in [5, 5.41) is -0.187. The zero-order valence-corrected chi connectivity index (χ0v) is 22.2. The standard InChI is InChI=1S/C25H30N2O8S/c1-15-8-10-18(11-9-15)36(31,32)35-21-17(3)23(29)33-19-14-16(2)27(22(28)20(19)21)13-12-26(7)24(30)34-25(4,5)6/h8-11,14H,12-13H2,1-7H3. The number of amides is 1. The smallest absolute Gasteiger partial charge is 0.410 e. The Balaban J connectivity index is 2.06. The average Bonchev–Trinajstić information content (AvgIpc) is 2.75. The maximum absolute atomic E-state index is 13.5. The van der Waals surface area contributed by atoms with Crippen molar-refractivity contribution in [1.29, 1.82) is 0 Å². The number of fused-ring (bicyclic) bond motifs is 1. The molecule has 0 aliphatic heterocycles. The van der Waals surface area contributed by atoms with E-state index >= 15 is 0 Å². The quantitative estimate of drug-likeness (QED) is 0.454. The first kappa shape index (κ1) is 27.0. The summed E-state index contributed by atoms with van der Waals surface area (Å²) in [4.78, 5) is 39.4. The van der Waals surface area contributed by atoms with Crippen molar-refractivity contribution in [3.8, 4) is 5.75 Å². The number of ether oxygens (including phenoxy) is 1. The Hall–Kier alpha value is -3.60. The highest BCUT2D eigenvalue weighted by molar-refractivity contribution is 7.87. The normalized spacial score (nSPS) is 12.0. The van der Waals surface area contributed by atoms with Crippen LogP contribution < -0.4 is 15.4 Å². The number of rotatable bonds is 6. The number of likely N-dealkylation sites (N-methyl/N-ethyl adjacent to an activating group) is 1. The third-order valence-corrected chi connectivity index (χ3v) is 6.65. The van der Waals surface area contributed by atoms with Gasteiger partial charge in [-0.1, -0.05) is 17.7 Å². The second kappa shape index (κ2) is 9.81. The largest absolute Gasteiger partial charge is 0.444 e. The summed E-state index contributed by atoms with van der Waals surface area (Å²) in [6.45, 7) is 10.2. The van der Waals surface area contributed by atoms with Gasteiger partial charge in [-0.3, -0.25) is 4.79 Å². The van der Waals surface area contributed by atoms with E-state index in [4.69, 9.17) is 13.3 Å². The van der Waals surface area contributed by atoms with Crippen LogP contribution in [0.1, 0.15) is 37.6 Å². The summed E-state index contributed by atoms with van der Waals surface area (Å²) in [5.41, 5.74) is -1.07. The van der Waals surface area contributed by atoms with E-state index in [2.05, 4.69) is 0 Å². The number of aryl methyl sites for hydroxylation is 2. The number of aromatic nitrogens is 1. The molecule has 36 heavy (non-hydrogen) atoms. The summed E-state index contributed by atoms with van der Waals surface area (Å²) in [6.07, 6.45) is -0.552. The van der Waals surface area contributed by atoms with Crippen LogP contribution in [0.4, 0.5) is 4.79 Å². The van der Waals surface area contributed by atoms with Crippen molar-refractivity contribution in [2.24, 2.45) is 0 Å². The number of hydrogen-bond acceptors (Lipinski definition) is 8. The van der Waals surface area contributed by atoms with E-state index in [0.29, 0.717) is 5.69 Å². The van der Waals surface area contributed by atoms with Gasteiger partial charge < -0.3 is 22.8 Å². The van der Waals surface area contributed by atoms with Crippen molar-refractivity contribution in [2.45, 2.75) is 58.6 Å². The maximum atomic E-state index is 13.5. The van der Waals surface area contributed by atoms with Crippen molar-refractivity contribution < 1.29 is 26.5 Å². The topological polar surface area (TPSA) is 125 Å². The Morgan fingerprint density at radius 3 is 2.28 bits per heavy atom. The zero-order valence-electron chi connectivity index (χ0n) is 21.4. The van der Waals surface area contributed by atoms with Gasteiger partial charge in [-0.15, -0.1) is 0 Å². The minimum Gasteiger partial charge on any atom is -0.444 e. The highest BCUT2D eigenvalue weighted by Gasteiger charge is 2.25. The van der Waals surface area contributed by atoms with Crippen LogP contribution in [0.2, 0.25) is 0 Å². The number of carbonyl (C=O) groups is 1. The van der Waals surface area contributed by atoms with Crippen LogP contribution in [-0.2, 0) is 21.4 Å². The molecule has 0 aliphatic rings. The van der Waals surface area contributed by atoms with Crippen LogP contribution in [-0.4, -0.2) is 43.2 Å². The van der Waals surface area contributed by atoms with Crippen LogP contribution in [0, 0.1) is 20.8 Å². The van der Waals surface area contributed by atoms with E-state index in [-0.39, 0.29) is 40.3 Å². The van der Waals surface area contributed by atoms with Gasteiger partial charge in [-0.05, 0) is 53.7 Å². The highest BCUT2D eigenvalue weighted by atomic mass is 32.2. The lowest BCUT2D eigenvalue weighted by Gasteiger charge is -2.25. The predicted octanol–water partition coefficient (Wildman–Crippen LogP) is 3.51. The van der Waals surface area contributed by atoms with Gasteiger partial charge in [-0.25, -0.2) is 9.59 Å². The van der Waals surface area contributed by atoms with Crippen molar-refractivity contribution in [3.63, 3.8) is 0 Å². The molecule has 0 spiro atoms. The van der Waals surface area contributed by atoms with Gasteiger partial charge in [0.15, 0.2) is 5.75 Å². The Morgan fingerprint density at radius 1 is 1.08 bits per heavy atom. The van der Waals surface area contributed by atoms with Crippen LogP contribution in [0.15, 0.2) is 49.2 Å². The third-order valence-electron chi connectivity index (χ3n) is 5.41. The molecule has 3 aromatic rings. The number of carbonyl (C=O) groups excluding carboxylic acids is 1. The van der Waals surface area contributed by atoms with Crippen LogP contribution in [0.3, 0.4) is 0 Å². The molecular weight excluding hydrogens is 488 g/mol. The average molecular weight is 519 g/mol. The van der Waals surface area contributed by atoms with Crippen LogP contribution >= 0.6 is 0 Å². The lowest BCUT2D eigenvalue weighted by molar-refractivity contribution is 0.0293. The summed E-state index contributed by atoms with van der Waals surface area (Å²) in [5.74, 6) is -0.388. The Kier molecular flexibility index (Phi) is 7.35. The first-order chi connectivity index (χ1) is 16.6. The molecule has 3 rings (SSSR count). The van der Waals surface area contributed by atoms with Gasteiger partial charge in [0.05, 0.1) is 5.56 Å². The minimum atomic E-state index is -4.35. The molecule has 0 aliphatic carbocycles. The van der Waals surface area contributed by atoms with E-state index in [1.54, 1.807) is 46.9 Å². The van der Waals surface area contributed by atoms with Crippen molar-refractivity contribution in [3.05, 3.63) is 67.9 Å². The Bertz CT molecular complexity index is 1530. The van der Waals surface area contributed by atoms with E-state index in [1.807, 2.05) is 6.92 Å². The van der Waals surface area contributed by atoms with E-state index in [9.17, 15) is 22.8 Å². The van der Waals surface area contributed by atoms with Gasteiger partial charge in [0.25, 0.3) is 5.56 Å². The summed E-state index contributed by atoms with van der Waals surface area (Å²) >= 11 is 0. The molecule has 10 nitrogen and oxygen atoms in total. The second-order valence-electron chi connectivity index (χ2n) is 9.58. The zero-order chi connectivity index (χ0) is 27.0. The molecule has 2 heterocycles. The Morgan fingerprint density at radius 2 is 1.69 bits per heavy atom. The second-order valence-corrected chi connectivity index (χ2v) is 11.1. The molecule has 0 fully saturated rings. The minimum absolute atomic E-state index is 0.0820. The number of benzene rings is 1. The molecule has 0 atom stereocenters. The summed E-state index contributed by atoms with van der Waals surface area (Å²) in [6, 6.07) is 7.43. The molecular formula is C25H30N2O8S. The lowest BCUT2D eigenvalue weighted by Crippen LogP contribution is -2.37. The SMILES string of the molecule is Cc1ccc(S(=O)(=O)Oc2c(C)c(=O)oc3cc(C)n(CCN(C)C(=O)OC(C)(C)C)c(=O)c23)cc1. The number of nitrogens with zero attached hydrogens (tertiary/aromatic N) is 2. The molecule has 2 aromatic heterocycles. The third kappa shape index (κ3) is 5.78. The monoisotopic (exact) mass is 518 g/mol. The van der Waals surface area contributed by atoms with Gasteiger partial charge in [-0.2, -0.15) is 8.42 Å². The molecule has 1 aromatic carbocycles. The van der Waals surface area contributed by atoms with Crippen molar-refractivity contribution in [1.82, 2.24) is 9.47 Å². The van der Waals surface area contributed by atoms with Crippen molar-refractivity contribution in [2.75, 3.05) is 13.6 Å². The molecule has 0 bridgehead atoms. The van der Waals surface area contributed by atoms with E-state index < -0.39 is 33.0 Å².